The number of rotatable bonds is 6. The highest BCUT2D eigenvalue weighted by molar-refractivity contribution is 4.96. The molecule has 0 atom stereocenters. The Kier molecular flexibility index (Phi) is 4.38. The van der Waals surface area contributed by atoms with Gasteiger partial charge >= 0.3 is 0 Å². The minimum absolute atomic E-state index is 0.0470. The Hall–Kier alpha value is -1.00. The fourth-order valence-corrected chi connectivity index (χ4v) is 2.14. The van der Waals surface area contributed by atoms with Crippen molar-refractivity contribution >= 4 is 0 Å². The lowest BCUT2D eigenvalue weighted by atomic mass is 9.76. The van der Waals surface area contributed by atoms with E-state index in [9.17, 15) is 10.2 Å². The molecule has 0 heterocycles. The Morgan fingerprint density at radius 2 is 1.19 bits per heavy atom. The van der Waals surface area contributed by atoms with Gasteiger partial charge in [-0.15, -0.1) is 0 Å². The lowest BCUT2D eigenvalue weighted by Gasteiger charge is -2.43. The molecule has 1 aliphatic carbocycles. The van der Waals surface area contributed by atoms with Crippen LogP contribution in [0.5, 0.6) is 0 Å². The third kappa shape index (κ3) is 2.57. The highest BCUT2D eigenvalue weighted by Crippen LogP contribution is 2.39. The predicted octanol–water partition coefficient (Wildman–Crippen LogP) is 1.34. The minimum atomic E-state index is -0.565. The lowest BCUT2D eigenvalue weighted by Crippen LogP contribution is -2.48. The van der Waals surface area contributed by atoms with Crippen molar-refractivity contribution in [2.45, 2.75) is 36.9 Å². The molecule has 0 aromatic rings. The molecule has 16 heavy (non-hydrogen) atoms. The summed E-state index contributed by atoms with van der Waals surface area (Å²) in [6.45, 7) is 6.93. The second kappa shape index (κ2) is 5.37. The Balaban J connectivity index is 2.66. The molecule has 92 valence electrons. The van der Waals surface area contributed by atoms with Crippen molar-refractivity contribution in [3.63, 3.8) is 0 Å². The maximum absolute atomic E-state index is 9.35. The molecule has 1 fully saturated rings. The third-order valence-corrected chi connectivity index (χ3v) is 3.32. The van der Waals surface area contributed by atoms with Gasteiger partial charge in [0.25, 0.3) is 0 Å². The summed E-state index contributed by atoms with van der Waals surface area (Å²) >= 11 is 0. The number of aliphatic hydroxyl groups is 2. The van der Waals surface area contributed by atoms with Crippen molar-refractivity contribution in [2.75, 3.05) is 13.2 Å². The SMILES string of the molecule is C=COC1(CO)CCC(CO)(OC=C)CC1. The molecule has 0 aromatic heterocycles. The predicted molar refractivity (Wildman–Crippen MR) is 60.7 cm³/mol. The first-order valence-corrected chi connectivity index (χ1v) is 5.45. The summed E-state index contributed by atoms with van der Waals surface area (Å²) in [7, 11) is 0. The Bertz CT molecular complexity index is 215. The van der Waals surface area contributed by atoms with Gasteiger partial charge in [-0.2, -0.15) is 0 Å². The van der Waals surface area contributed by atoms with Crippen molar-refractivity contribution in [3.8, 4) is 0 Å². The van der Waals surface area contributed by atoms with Crippen LogP contribution in [-0.4, -0.2) is 34.6 Å². The zero-order chi connectivity index (χ0) is 12.1. The molecule has 0 saturated heterocycles. The molecule has 4 nitrogen and oxygen atoms in total. The Morgan fingerprint density at radius 1 is 0.875 bits per heavy atom. The van der Waals surface area contributed by atoms with Crippen LogP contribution < -0.4 is 0 Å². The van der Waals surface area contributed by atoms with Crippen LogP contribution in [-0.2, 0) is 9.47 Å². The van der Waals surface area contributed by atoms with E-state index < -0.39 is 11.2 Å². The summed E-state index contributed by atoms with van der Waals surface area (Å²) in [5, 5.41) is 18.7. The number of aliphatic hydroxyl groups excluding tert-OH is 2. The van der Waals surface area contributed by atoms with E-state index in [0.717, 1.165) is 0 Å². The molecule has 0 bridgehead atoms. The van der Waals surface area contributed by atoms with Crippen molar-refractivity contribution in [2.24, 2.45) is 0 Å². The molecule has 0 aliphatic heterocycles. The van der Waals surface area contributed by atoms with Crippen molar-refractivity contribution < 1.29 is 19.7 Å². The van der Waals surface area contributed by atoms with Crippen molar-refractivity contribution in [1.82, 2.24) is 0 Å². The first kappa shape index (κ1) is 13.1. The van der Waals surface area contributed by atoms with E-state index in [-0.39, 0.29) is 13.2 Å². The number of hydrogen-bond donors (Lipinski definition) is 2. The number of ether oxygens (including phenoxy) is 2. The van der Waals surface area contributed by atoms with Crippen LogP contribution >= 0.6 is 0 Å². The van der Waals surface area contributed by atoms with Gasteiger partial charge in [-0.25, -0.2) is 0 Å². The smallest absolute Gasteiger partial charge is 0.131 e. The summed E-state index contributed by atoms with van der Waals surface area (Å²) in [5.74, 6) is 0. The van der Waals surface area contributed by atoms with Crippen LogP contribution in [0.2, 0.25) is 0 Å². The maximum atomic E-state index is 9.35. The summed E-state index contributed by atoms with van der Waals surface area (Å²) in [6.07, 6.45) is 5.23. The van der Waals surface area contributed by atoms with Crippen LogP contribution in [0.25, 0.3) is 0 Å². The van der Waals surface area contributed by atoms with Crippen LogP contribution in [0.1, 0.15) is 25.7 Å². The van der Waals surface area contributed by atoms with Crippen molar-refractivity contribution in [1.29, 1.82) is 0 Å². The molecule has 0 spiro atoms. The molecule has 1 rings (SSSR count). The normalized spacial score (nSPS) is 34.1. The standard InChI is InChI=1S/C12H20O4/c1-3-15-11(9-13)5-7-12(10-14,8-6-11)16-4-2/h3-4,13-14H,1-2,5-10H2. The lowest BCUT2D eigenvalue weighted by molar-refractivity contribution is -0.125. The van der Waals surface area contributed by atoms with E-state index >= 15 is 0 Å². The summed E-state index contributed by atoms with van der Waals surface area (Å²) in [4.78, 5) is 0. The topological polar surface area (TPSA) is 58.9 Å². The average Bonchev–Trinajstić information content (AvgIpc) is 2.33. The van der Waals surface area contributed by atoms with Gasteiger partial charge in [0.2, 0.25) is 0 Å². The van der Waals surface area contributed by atoms with Crippen LogP contribution in [0.15, 0.2) is 25.7 Å². The van der Waals surface area contributed by atoms with E-state index in [2.05, 4.69) is 13.2 Å². The molecular formula is C12H20O4. The highest BCUT2D eigenvalue weighted by Gasteiger charge is 2.44. The number of hydrogen-bond acceptors (Lipinski definition) is 4. The Morgan fingerprint density at radius 3 is 1.38 bits per heavy atom. The molecule has 1 aliphatic rings. The van der Waals surface area contributed by atoms with E-state index in [0.29, 0.717) is 25.7 Å². The zero-order valence-electron chi connectivity index (χ0n) is 9.52. The van der Waals surface area contributed by atoms with Crippen LogP contribution in [0.4, 0.5) is 0 Å². The van der Waals surface area contributed by atoms with Gasteiger partial charge < -0.3 is 19.7 Å². The third-order valence-electron chi connectivity index (χ3n) is 3.32. The monoisotopic (exact) mass is 228 g/mol. The first-order valence-electron chi connectivity index (χ1n) is 5.45. The molecule has 1 saturated carbocycles. The van der Waals surface area contributed by atoms with Crippen LogP contribution in [0.3, 0.4) is 0 Å². The maximum Gasteiger partial charge on any atom is 0.131 e. The van der Waals surface area contributed by atoms with E-state index in [1.54, 1.807) is 0 Å². The van der Waals surface area contributed by atoms with E-state index in [1.807, 2.05) is 0 Å². The minimum Gasteiger partial charge on any atom is -0.493 e. The molecule has 0 unspecified atom stereocenters. The fourth-order valence-electron chi connectivity index (χ4n) is 2.14. The zero-order valence-corrected chi connectivity index (χ0v) is 9.52. The highest BCUT2D eigenvalue weighted by atomic mass is 16.5. The van der Waals surface area contributed by atoms with Gasteiger partial charge in [0.05, 0.1) is 25.7 Å². The fraction of sp³-hybridized carbons (Fsp3) is 0.667. The molecule has 2 N–H and O–H groups in total. The van der Waals surface area contributed by atoms with Gasteiger partial charge in [0, 0.05) is 0 Å². The van der Waals surface area contributed by atoms with E-state index in [4.69, 9.17) is 9.47 Å². The summed E-state index contributed by atoms with van der Waals surface area (Å²) in [6, 6.07) is 0. The van der Waals surface area contributed by atoms with Gasteiger partial charge in [0.15, 0.2) is 0 Å². The second-order valence-corrected chi connectivity index (χ2v) is 4.25. The largest absolute Gasteiger partial charge is 0.493 e. The van der Waals surface area contributed by atoms with Crippen LogP contribution in [0, 0.1) is 0 Å². The summed E-state index contributed by atoms with van der Waals surface area (Å²) < 4.78 is 10.8. The van der Waals surface area contributed by atoms with E-state index in [1.165, 1.54) is 12.5 Å². The first-order chi connectivity index (χ1) is 7.66. The van der Waals surface area contributed by atoms with Crippen molar-refractivity contribution in [3.05, 3.63) is 25.7 Å². The summed E-state index contributed by atoms with van der Waals surface area (Å²) in [5.41, 5.74) is -1.13. The average molecular weight is 228 g/mol. The quantitative estimate of drug-likeness (QED) is 0.674. The molecular weight excluding hydrogens is 208 g/mol. The van der Waals surface area contributed by atoms with Gasteiger partial charge in [0.1, 0.15) is 11.2 Å². The molecule has 0 aromatic carbocycles. The molecule has 0 radical (unpaired) electrons. The molecule has 0 amide bonds. The second-order valence-electron chi connectivity index (χ2n) is 4.25. The molecule has 4 heteroatoms. The van der Waals surface area contributed by atoms with Gasteiger partial charge in [-0.05, 0) is 25.7 Å². The Labute approximate surface area is 96.2 Å². The van der Waals surface area contributed by atoms with Gasteiger partial charge in [-0.3, -0.25) is 0 Å². The van der Waals surface area contributed by atoms with Gasteiger partial charge in [-0.1, -0.05) is 13.2 Å².